The third-order valence-electron chi connectivity index (χ3n) is 2.87. The van der Waals surface area contributed by atoms with Gasteiger partial charge in [0.2, 0.25) is 5.95 Å². The summed E-state index contributed by atoms with van der Waals surface area (Å²) >= 11 is 0. The van der Waals surface area contributed by atoms with Crippen LogP contribution < -0.4 is 10.6 Å². The van der Waals surface area contributed by atoms with Gasteiger partial charge in [0, 0.05) is 25.3 Å². The molecular weight excluding hydrogens is 226 g/mol. The smallest absolute Gasteiger partial charge is 0.224 e. The maximum Gasteiger partial charge on any atom is 0.224 e. The van der Waals surface area contributed by atoms with Crippen LogP contribution in [0.2, 0.25) is 0 Å². The van der Waals surface area contributed by atoms with Crippen molar-refractivity contribution < 1.29 is 0 Å². The quantitative estimate of drug-likeness (QED) is 0.693. The molecule has 2 N–H and O–H groups in total. The molecule has 0 saturated heterocycles. The molecule has 0 aliphatic heterocycles. The Morgan fingerprint density at radius 3 is 2.78 bits per heavy atom. The summed E-state index contributed by atoms with van der Waals surface area (Å²) in [5.74, 6) is 1.56. The molecule has 102 valence electrons. The van der Waals surface area contributed by atoms with E-state index in [1.54, 1.807) is 6.20 Å². The van der Waals surface area contributed by atoms with Crippen LogP contribution in [0, 0.1) is 0 Å². The molecule has 5 heteroatoms. The molecule has 0 unspecified atom stereocenters. The van der Waals surface area contributed by atoms with E-state index in [1.165, 1.54) is 0 Å². The first-order chi connectivity index (χ1) is 8.63. The highest BCUT2D eigenvalue weighted by molar-refractivity contribution is 5.39. The molecule has 0 radical (unpaired) electrons. The van der Waals surface area contributed by atoms with Crippen molar-refractivity contribution >= 4 is 11.8 Å². The standard InChI is InChI=1S/C13H25N5/c1-5-14-13-16-9-7-12(17-13)15-8-6-10-18(4)11(2)3/h7,9,11H,5-6,8,10H2,1-4H3,(H2,14,15,16,17). The zero-order chi connectivity index (χ0) is 13.4. The molecule has 0 aliphatic rings. The van der Waals surface area contributed by atoms with Crippen LogP contribution in [-0.4, -0.2) is 47.6 Å². The van der Waals surface area contributed by atoms with Crippen molar-refractivity contribution in [2.24, 2.45) is 0 Å². The van der Waals surface area contributed by atoms with Gasteiger partial charge < -0.3 is 15.5 Å². The predicted octanol–water partition coefficient (Wildman–Crippen LogP) is 2.05. The maximum atomic E-state index is 4.37. The number of hydrogen-bond donors (Lipinski definition) is 2. The molecule has 0 saturated carbocycles. The normalized spacial score (nSPS) is 11.0. The van der Waals surface area contributed by atoms with Crippen LogP contribution in [0.25, 0.3) is 0 Å². The molecule has 0 aromatic carbocycles. The monoisotopic (exact) mass is 251 g/mol. The third kappa shape index (κ3) is 5.31. The van der Waals surface area contributed by atoms with E-state index in [1.807, 2.05) is 13.0 Å². The number of nitrogens with one attached hydrogen (secondary N) is 2. The lowest BCUT2D eigenvalue weighted by Gasteiger charge is -2.20. The van der Waals surface area contributed by atoms with Crippen molar-refractivity contribution in [3.63, 3.8) is 0 Å². The first-order valence-corrected chi connectivity index (χ1v) is 6.64. The van der Waals surface area contributed by atoms with E-state index in [4.69, 9.17) is 0 Å². The summed E-state index contributed by atoms with van der Waals surface area (Å²) < 4.78 is 0. The van der Waals surface area contributed by atoms with Gasteiger partial charge in [-0.25, -0.2) is 4.98 Å². The Hall–Kier alpha value is -1.36. The summed E-state index contributed by atoms with van der Waals surface area (Å²) in [6.45, 7) is 9.31. The van der Waals surface area contributed by atoms with Crippen LogP contribution in [0.5, 0.6) is 0 Å². The van der Waals surface area contributed by atoms with Crippen LogP contribution in [0.3, 0.4) is 0 Å². The minimum Gasteiger partial charge on any atom is -0.370 e. The lowest BCUT2D eigenvalue weighted by Crippen LogP contribution is -2.28. The van der Waals surface area contributed by atoms with Crippen molar-refractivity contribution in [2.75, 3.05) is 37.3 Å². The van der Waals surface area contributed by atoms with Crippen LogP contribution in [0.4, 0.5) is 11.8 Å². The fourth-order valence-corrected chi connectivity index (χ4v) is 1.50. The van der Waals surface area contributed by atoms with E-state index in [0.29, 0.717) is 12.0 Å². The van der Waals surface area contributed by atoms with Crippen molar-refractivity contribution in [2.45, 2.75) is 33.2 Å². The zero-order valence-electron chi connectivity index (χ0n) is 11.9. The zero-order valence-corrected chi connectivity index (χ0v) is 11.9. The summed E-state index contributed by atoms with van der Waals surface area (Å²) in [4.78, 5) is 10.8. The Balaban J connectivity index is 2.28. The Bertz CT molecular complexity index is 340. The highest BCUT2D eigenvalue weighted by atomic mass is 15.1. The second-order valence-corrected chi connectivity index (χ2v) is 4.65. The SMILES string of the molecule is CCNc1nccc(NCCCN(C)C(C)C)n1. The van der Waals surface area contributed by atoms with Gasteiger partial charge in [0.05, 0.1) is 0 Å². The van der Waals surface area contributed by atoms with Crippen molar-refractivity contribution in [3.8, 4) is 0 Å². The average molecular weight is 251 g/mol. The molecule has 0 atom stereocenters. The number of nitrogens with zero attached hydrogens (tertiary/aromatic N) is 3. The maximum absolute atomic E-state index is 4.37. The largest absolute Gasteiger partial charge is 0.370 e. The topological polar surface area (TPSA) is 53.1 Å². The lowest BCUT2D eigenvalue weighted by molar-refractivity contribution is 0.273. The van der Waals surface area contributed by atoms with Gasteiger partial charge in [-0.1, -0.05) is 0 Å². The summed E-state index contributed by atoms with van der Waals surface area (Å²) in [6, 6.07) is 2.50. The Kier molecular flexibility index (Phi) is 6.43. The van der Waals surface area contributed by atoms with Gasteiger partial charge >= 0.3 is 0 Å². The first-order valence-electron chi connectivity index (χ1n) is 6.64. The summed E-state index contributed by atoms with van der Waals surface area (Å²) in [5.41, 5.74) is 0. The van der Waals surface area contributed by atoms with Gasteiger partial charge in [-0.3, -0.25) is 0 Å². The van der Waals surface area contributed by atoms with Crippen LogP contribution in [0.15, 0.2) is 12.3 Å². The van der Waals surface area contributed by atoms with E-state index in [0.717, 1.165) is 31.9 Å². The molecule has 1 aromatic heterocycles. The van der Waals surface area contributed by atoms with E-state index < -0.39 is 0 Å². The van der Waals surface area contributed by atoms with Gasteiger partial charge in [0.1, 0.15) is 5.82 Å². The number of aromatic nitrogens is 2. The molecule has 0 aliphatic carbocycles. The molecular formula is C13H25N5. The van der Waals surface area contributed by atoms with Crippen molar-refractivity contribution in [3.05, 3.63) is 12.3 Å². The fraction of sp³-hybridized carbons (Fsp3) is 0.692. The van der Waals surface area contributed by atoms with Gasteiger partial charge in [0.25, 0.3) is 0 Å². The fourth-order valence-electron chi connectivity index (χ4n) is 1.50. The molecule has 0 spiro atoms. The average Bonchev–Trinajstić information content (AvgIpc) is 2.35. The minimum absolute atomic E-state index is 0.601. The second-order valence-electron chi connectivity index (χ2n) is 4.65. The summed E-state index contributed by atoms with van der Waals surface area (Å²) in [6.07, 6.45) is 2.88. The van der Waals surface area contributed by atoms with E-state index in [2.05, 4.69) is 46.4 Å². The Labute approximate surface area is 110 Å². The Morgan fingerprint density at radius 2 is 2.11 bits per heavy atom. The van der Waals surface area contributed by atoms with E-state index in [9.17, 15) is 0 Å². The molecule has 0 amide bonds. The van der Waals surface area contributed by atoms with Crippen molar-refractivity contribution in [1.29, 1.82) is 0 Å². The number of rotatable bonds is 8. The molecule has 1 aromatic rings. The Morgan fingerprint density at radius 1 is 1.33 bits per heavy atom. The molecule has 0 bridgehead atoms. The van der Waals surface area contributed by atoms with Crippen LogP contribution in [0.1, 0.15) is 27.2 Å². The first kappa shape index (κ1) is 14.7. The van der Waals surface area contributed by atoms with Crippen LogP contribution in [-0.2, 0) is 0 Å². The minimum atomic E-state index is 0.601. The molecule has 18 heavy (non-hydrogen) atoms. The van der Waals surface area contributed by atoms with Crippen LogP contribution >= 0.6 is 0 Å². The highest BCUT2D eigenvalue weighted by Gasteiger charge is 2.02. The van der Waals surface area contributed by atoms with Gasteiger partial charge in [-0.2, -0.15) is 4.98 Å². The molecule has 5 nitrogen and oxygen atoms in total. The molecule has 1 rings (SSSR count). The van der Waals surface area contributed by atoms with Gasteiger partial charge in [-0.15, -0.1) is 0 Å². The van der Waals surface area contributed by atoms with Gasteiger partial charge in [-0.05, 0) is 46.9 Å². The lowest BCUT2D eigenvalue weighted by atomic mass is 10.3. The second kappa shape index (κ2) is 7.87. The molecule has 0 fully saturated rings. The third-order valence-corrected chi connectivity index (χ3v) is 2.87. The van der Waals surface area contributed by atoms with E-state index in [-0.39, 0.29) is 0 Å². The van der Waals surface area contributed by atoms with E-state index >= 15 is 0 Å². The summed E-state index contributed by atoms with van der Waals surface area (Å²) in [5, 5.41) is 6.42. The molecule has 1 heterocycles. The number of anilines is 2. The number of hydrogen-bond acceptors (Lipinski definition) is 5. The van der Waals surface area contributed by atoms with Crippen molar-refractivity contribution in [1.82, 2.24) is 14.9 Å². The predicted molar refractivity (Wildman–Crippen MR) is 77.1 cm³/mol. The highest BCUT2D eigenvalue weighted by Crippen LogP contribution is 2.05. The summed E-state index contributed by atoms with van der Waals surface area (Å²) in [7, 11) is 2.15. The van der Waals surface area contributed by atoms with Gasteiger partial charge in [0.15, 0.2) is 0 Å².